The summed E-state index contributed by atoms with van der Waals surface area (Å²) in [5.74, 6) is 2.10. The molecule has 0 aromatic carbocycles. The number of nitrogens with zero attached hydrogens (tertiary/aromatic N) is 1. The Bertz CT molecular complexity index is 507. The van der Waals surface area contributed by atoms with Gasteiger partial charge in [0.15, 0.2) is 0 Å². The third-order valence-electron chi connectivity index (χ3n) is 5.63. The van der Waals surface area contributed by atoms with E-state index >= 15 is 0 Å². The highest BCUT2D eigenvalue weighted by atomic mass is 16.5. The molecule has 5 heteroatoms. The first-order chi connectivity index (χ1) is 11.7. The van der Waals surface area contributed by atoms with Crippen molar-refractivity contribution in [1.29, 1.82) is 0 Å². The second-order valence-electron chi connectivity index (χ2n) is 7.00. The van der Waals surface area contributed by atoms with E-state index in [1.54, 1.807) is 6.26 Å². The summed E-state index contributed by atoms with van der Waals surface area (Å²) in [6, 6.07) is 4.27. The van der Waals surface area contributed by atoms with Crippen molar-refractivity contribution in [2.45, 2.75) is 45.1 Å². The van der Waals surface area contributed by atoms with Gasteiger partial charge in [-0.25, -0.2) is 0 Å². The van der Waals surface area contributed by atoms with Gasteiger partial charge in [0.2, 0.25) is 5.91 Å². The van der Waals surface area contributed by atoms with Crippen LogP contribution in [-0.4, -0.2) is 49.7 Å². The van der Waals surface area contributed by atoms with Crippen LogP contribution in [-0.2, 0) is 9.53 Å². The maximum atomic E-state index is 12.5. The first-order valence-corrected chi connectivity index (χ1v) is 9.37. The second kappa shape index (κ2) is 8.17. The van der Waals surface area contributed by atoms with Crippen LogP contribution in [0, 0.1) is 11.8 Å². The number of nitrogens with one attached hydrogen (secondary N) is 1. The van der Waals surface area contributed by atoms with Crippen LogP contribution in [0.3, 0.4) is 0 Å². The van der Waals surface area contributed by atoms with Crippen molar-refractivity contribution in [1.82, 2.24) is 10.2 Å². The Hall–Kier alpha value is -1.33. The zero-order valence-corrected chi connectivity index (χ0v) is 14.9. The van der Waals surface area contributed by atoms with Crippen LogP contribution in [0.15, 0.2) is 22.8 Å². The monoisotopic (exact) mass is 334 g/mol. The Balaban J connectivity index is 1.54. The summed E-state index contributed by atoms with van der Waals surface area (Å²) < 4.78 is 10.9. The van der Waals surface area contributed by atoms with Gasteiger partial charge in [0.25, 0.3) is 0 Å². The summed E-state index contributed by atoms with van der Waals surface area (Å²) in [7, 11) is 0. The Morgan fingerprint density at radius 2 is 2.08 bits per heavy atom. The van der Waals surface area contributed by atoms with Crippen molar-refractivity contribution >= 4 is 5.91 Å². The smallest absolute Gasteiger partial charge is 0.223 e. The van der Waals surface area contributed by atoms with Gasteiger partial charge < -0.3 is 14.5 Å². The molecule has 1 saturated carbocycles. The lowest BCUT2D eigenvalue weighted by molar-refractivity contribution is -0.123. The SMILES string of the molecule is CCC(CC)C(CNC(=O)C1CC1c1ccco1)N1CCOCC1. The maximum absolute atomic E-state index is 12.5. The molecule has 1 aliphatic heterocycles. The van der Waals surface area contributed by atoms with Gasteiger partial charge in [0, 0.05) is 37.5 Å². The molecule has 2 fully saturated rings. The number of carbonyl (C=O) groups excluding carboxylic acids is 1. The van der Waals surface area contributed by atoms with Crippen LogP contribution < -0.4 is 5.32 Å². The molecule has 5 nitrogen and oxygen atoms in total. The molecular weight excluding hydrogens is 304 g/mol. The van der Waals surface area contributed by atoms with Gasteiger partial charge >= 0.3 is 0 Å². The zero-order chi connectivity index (χ0) is 16.9. The first-order valence-electron chi connectivity index (χ1n) is 9.37. The summed E-state index contributed by atoms with van der Waals surface area (Å²) in [4.78, 5) is 15.0. The van der Waals surface area contributed by atoms with Gasteiger partial charge in [-0.1, -0.05) is 26.7 Å². The molecule has 1 saturated heterocycles. The molecule has 1 amide bonds. The van der Waals surface area contributed by atoms with E-state index in [4.69, 9.17) is 9.15 Å². The van der Waals surface area contributed by atoms with Gasteiger partial charge in [-0.3, -0.25) is 9.69 Å². The molecule has 0 radical (unpaired) electrons. The summed E-state index contributed by atoms with van der Waals surface area (Å²) in [5.41, 5.74) is 0. The molecule has 24 heavy (non-hydrogen) atoms. The predicted octanol–water partition coefficient (Wildman–Crippen LogP) is 2.64. The lowest BCUT2D eigenvalue weighted by atomic mass is 9.92. The topological polar surface area (TPSA) is 54.7 Å². The van der Waals surface area contributed by atoms with E-state index in [0.29, 0.717) is 12.0 Å². The van der Waals surface area contributed by atoms with E-state index in [-0.39, 0.29) is 17.7 Å². The number of hydrogen-bond acceptors (Lipinski definition) is 4. The Kier molecular flexibility index (Phi) is 5.95. The molecule has 3 unspecified atom stereocenters. The number of rotatable bonds is 8. The third-order valence-corrected chi connectivity index (χ3v) is 5.63. The quantitative estimate of drug-likeness (QED) is 0.794. The highest BCUT2D eigenvalue weighted by Crippen LogP contribution is 2.47. The fourth-order valence-electron chi connectivity index (χ4n) is 3.97. The van der Waals surface area contributed by atoms with Crippen LogP contribution in [0.1, 0.15) is 44.8 Å². The predicted molar refractivity (Wildman–Crippen MR) is 92.8 cm³/mol. The summed E-state index contributed by atoms with van der Waals surface area (Å²) in [5, 5.41) is 3.22. The van der Waals surface area contributed by atoms with Crippen LogP contribution in [0.4, 0.5) is 0 Å². The van der Waals surface area contributed by atoms with Crippen molar-refractivity contribution in [3.63, 3.8) is 0 Å². The minimum atomic E-state index is 0.0863. The van der Waals surface area contributed by atoms with Crippen molar-refractivity contribution in [2.24, 2.45) is 11.8 Å². The standard InChI is InChI=1S/C19H30N2O3/c1-3-14(4-2)17(21-7-10-23-11-8-21)13-20-19(22)16-12-15(16)18-6-5-9-24-18/h5-6,9,14-17H,3-4,7-8,10-13H2,1-2H3,(H,20,22). The number of furan rings is 1. The molecule has 3 rings (SSSR count). The molecule has 0 spiro atoms. The Morgan fingerprint density at radius 3 is 2.71 bits per heavy atom. The van der Waals surface area contributed by atoms with E-state index in [0.717, 1.165) is 57.9 Å². The Morgan fingerprint density at radius 1 is 1.33 bits per heavy atom. The van der Waals surface area contributed by atoms with Gasteiger partial charge in [0.1, 0.15) is 5.76 Å². The maximum Gasteiger partial charge on any atom is 0.223 e. The van der Waals surface area contributed by atoms with Crippen LogP contribution in [0.2, 0.25) is 0 Å². The van der Waals surface area contributed by atoms with Gasteiger partial charge in [0.05, 0.1) is 19.5 Å². The summed E-state index contributed by atoms with van der Waals surface area (Å²) in [6.07, 6.45) is 4.89. The van der Waals surface area contributed by atoms with Crippen LogP contribution in [0.25, 0.3) is 0 Å². The number of morpholine rings is 1. The highest BCUT2D eigenvalue weighted by molar-refractivity contribution is 5.82. The lowest BCUT2D eigenvalue weighted by Gasteiger charge is -2.38. The molecule has 1 aromatic heterocycles. The average Bonchev–Trinajstić information content (AvgIpc) is 3.24. The molecule has 1 aliphatic carbocycles. The van der Waals surface area contributed by atoms with Gasteiger partial charge in [-0.05, 0) is 24.5 Å². The highest BCUT2D eigenvalue weighted by Gasteiger charge is 2.46. The molecule has 1 N–H and O–H groups in total. The van der Waals surface area contributed by atoms with E-state index in [9.17, 15) is 4.79 Å². The molecule has 1 aromatic rings. The third kappa shape index (κ3) is 4.01. The van der Waals surface area contributed by atoms with E-state index < -0.39 is 0 Å². The fourth-order valence-corrected chi connectivity index (χ4v) is 3.97. The number of carbonyl (C=O) groups is 1. The van der Waals surface area contributed by atoms with Crippen LogP contribution in [0.5, 0.6) is 0 Å². The van der Waals surface area contributed by atoms with Crippen molar-refractivity contribution in [2.75, 3.05) is 32.8 Å². The Labute approximate surface area is 144 Å². The molecule has 2 aliphatic rings. The molecule has 3 atom stereocenters. The van der Waals surface area contributed by atoms with Gasteiger partial charge in [-0.15, -0.1) is 0 Å². The van der Waals surface area contributed by atoms with Crippen molar-refractivity contribution < 1.29 is 13.9 Å². The van der Waals surface area contributed by atoms with E-state index in [1.807, 2.05) is 12.1 Å². The normalized spacial score (nSPS) is 25.6. The minimum Gasteiger partial charge on any atom is -0.469 e. The number of amides is 1. The van der Waals surface area contributed by atoms with Crippen LogP contribution >= 0.6 is 0 Å². The molecular formula is C19H30N2O3. The van der Waals surface area contributed by atoms with E-state index in [1.165, 1.54) is 0 Å². The van der Waals surface area contributed by atoms with Gasteiger partial charge in [-0.2, -0.15) is 0 Å². The summed E-state index contributed by atoms with van der Waals surface area (Å²) >= 11 is 0. The largest absolute Gasteiger partial charge is 0.469 e. The minimum absolute atomic E-state index is 0.0863. The fraction of sp³-hybridized carbons (Fsp3) is 0.737. The average molecular weight is 334 g/mol. The first kappa shape index (κ1) is 17.5. The number of hydrogen-bond donors (Lipinski definition) is 1. The molecule has 0 bridgehead atoms. The second-order valence-corrected chi connectivity index (χ2v) is 7.00. The van der Waals surface area contributed by atoms with Crippen molar-refractivity contribution in [3.8, 4) is 0 Å². The molecule has 134 valence electrons. The lowest BCUT2D eigenvalue weighted by Crippen LogP contribution is -2.52. The zero-order valence-electron chi connectivity index (χ0n) is 14.9. The van der Waals surface area contributed by atoms with E-state index in [2.05, 4.69) is 24.1 Å². The van der Waals surface area contributed by atoms with Crippen molar-refractivity contribution in [3.05, 3.63) is 24.2 Å². The summed E-state index contributed by atoms with van der Waals surface area (Å²) in [6.45, 7) is 8.77. The number of ether oxygens (including phenoxy) is 1. The molecule has 2 heterocycles.